The van der Waals surface area contributed by atoms with Gasteiger partial charge in [-0.1, -0.05) is 25.6 Å². The van der Waals surface area contributed by atoms with Gasteiger partial charge in [0.1, 0.15) is 0 Å². The number of rotatable bonds is 4. The SMILES string of the molecule is C.Cc1ccc(C(CC(=O)N(C)O)N2Cc3c(C)c(C)c(C)c(C)c3C2=O)cc1C.[V]. The number of hydrogen-bond acceptors (Lipinski definition) is 3. The van der Waals surface area contributed by atoms with E-state index in [9.17, 15) is 14.8 Å². The van der Waals surface area contributed by atoms with Crippen molar-refractivity contribution in [1.29, 1.82) is 0 Å². The molecule has 0 fully saturated rings. The van der Waals surface area contributed by atoms with Crippen LogP contribution in [0.1, 0.15) is 74.8 Å². The second-order valence-electron chi connectivity index (χ2n) is 8.27. The summed E-state index contributed by atoms with van der Waals surface area (Å²) in [5.41, 5.74) is 9.51. The van der Waals surface area contributed by atoms with E-state index >= 15 is 0 Å². The van der Waals surface area contributed by atoms with E-state index in [0.717, 1.165) is 44.5 Å². The third kappa shape index (κ3) is 4.74. The van der Waals surface area contributed by atoms with E-state index in [-0.39, 0.29) is 38.3 Å². The molecule has 1 aliphatic rings. The van der Waals surface area contributed by atoms with Gasteiger partial charge in [-0.25, -0.2) is 5.06 Å². The van der Waals surface area contributed by atoms with E-state index in [0.29, 0.717) is 11.6 Å². The smallest absolute Gasteiger partial charge is 0.255 e. The fourth-order valence-electron chi connectivity index (χ4n) is 4.19. The molecule has 5 nitrogen and oxygen atoms in total. The number of nitrogens with zero attached hydrogens (tertiary/aromatic N) is 2. The Bertz CT molecular complexity index is 1010. The van der Waals surface area contributed by atoms with Gasteiger partial charge in [-0.05, 0) is 86.1 Å². The van der Waals surface area contributed by atoms with Gasteiger partial charge >= 0.3 is 0 Å². The van der Waals surface area contributed by atoms with Crippen LogP contribution in [-0.4, -0.2) is 34.0 Å². The summed E-state index contributed by atoms with van der Waals surface area (Å²) in [4.78, 5) is 27.7. The minimum Gasteiger partial charge on any atom is -0.327 e. The number of carbonyl (C=O) groups excluding carboxylic acids is 2. The molecule has 0 bridgehead atoms. The van der Waals surface area contributed by atoms with Crippen LogP contribution in [0.5, 0.6) is 0 Å². The minimum atomic E-state index is -0.435. The quantitative estimate of drug-likeness (QED) is 0.509. The van der Waals surface area contributed by atoms with Gasteiger partial charge in [0.15, 0.2) is 0 Å². The molecule has 1 heterocycles. The second-order valence-corrected chi connectivity index (χ2v) is 8.27. The van der Waals surface area contributed by atoms with Crippen LogP contribution in [-0.2, 0) is 29.9 Å². The molecule has 3 rings (SSSR count). The Morgan fingerprint density at radius 3 is 2.16 bits per heavy atom. The molecule has 2 aromatic carbocycles. The largest absolute Gasteiger partial charge is 0.327 e. The molecule has 31 heavy (non-hydrogen) atoms. The summed E-state index contributed by atoms with van der Waals surface area (Å²) in [6.07, 6.45) is 0.0330. The van der Waals surface area contributed by atoms with E-state index < -0.39 is 11.9 Å². The first-order valence-electron chi connectivity index (χ1n) is 9.97. The first-order chi connectivity index (χ1) is 13.5. The van der Waals surface area contributed by atoms with Crippen LogP contribution in [0, 0.1) is 41.5 Å². The molecule has 2 amide bonds. The van der Waals surface area contributed by atoms with Gasteiger partial charge in [-0.15, -0.1) is 0 Å². The molecule has 167 valence electrons. The van der Waals surface area contributed by atoms with Crippen molar-refractivity contribution in [1.82, 2.24) is 9.96 Å². The molecule has 0 aliphatic carbocycles. The van der Waals surface area contributed by atoms with E-state index in [1.165, 1.54) is 12.6 Å². The first-order valence-corrected chi connectivity index (χ1v) is 9.97. The summed E-state index contributed by atoms with van der Waals surface area (Å²) in [7, 11) is 1.32. The number of amides is 2. The number of hydroxylamine groups is 2. The predicted octanol–water partition coefficient (Wildman–Crippen LogP) is 5.11. The third-order valence-electron chi connectivity index (χ3n) is 6.64. The standard InChI is InChI=1S/C24H30N2O3.CH4.V/c1-13-8-9-19(10-14(13)2)21(11-22(27)25(7)29)26-12-20-17(5)15(3)16(4)18(6)23(20)24(26)28;;/h8-10,21,29H,11-12H2,1-7H3;1H4;. The molecule has 0 saturated heterocycles. The van der Waals surface area contributed by atoms with Crippen LogP contribution in [0.2, 0.25) is 0 Å². The van der Waals surface area contributed by atoms with Gasteiger partial charge in [-0.2, -0.15) is 0 Å². The predicted molar refractivity (Wildman–Crippen MR) is 120 cm³/mol. The summed E-state index contributed by atoms with van der Waals surface area (Å²) in [5.74, 6) is -0.460. The monoisotopic (exact) mass is 461 g/mol. The maximum Gasteiger partial charge on any atom is 0.255 e. The molecule has 1 radical (unpaired) electrons. The number of aryl methyl sites for hydroxylation is 2. The molecule has 0 spiro atoms. The maximum atomic E-state index is 13.5. The van der Waals surface area contributed by atoms with Crippen molar-refractivity contribution in [3.8, 4) is 0 Å². The van der Waals surface area contributed by atoms with Crippen LogP contribution in [0.4, 0.5) is 0 Å². The third-order valence-corrected chi connectivity index (χ3v) is 6.64. The zero-order valence-corrected chi connectivity index (χ0v) is 20.2. The number of hydrogen-bond donors (Lipinski definition) is 1. The van der Waals surface area contributed by atoms with Gasteiger partial charge in [-0.3, -0.25) is 14.8 Å². The Labute approximate surface area is 198 Å². The Kier molecular flexibility index (Phi) is 8.72. The summed E-state index contributed by atoms with van der Waals surface area (Å²) >= 11 is 0. The Balaban J connectivity index is 0.00000240. The van der Waals surface area contributed by atoms with E-state index in [1.54, 1.807) is 4.90 Å². The maximum absolute atomic E-state index is 13.5. The average molecular weight is 462 g/mol. The Morgan fingerprint density at radius 1 is 1.03 bits per heavy atom. The Morgan fingerprint density at radius 2 is 1.61 bits per heavy atom. The van der Waals surface area contributed by atoms with Gasteiger partial charge in [0.25, 0.3) is 5.91 Å². The molecule has 1 N–H and O–H groups in total. The van der Waals surface area contributed by atoms with Gasteiger partial charge in [0.2, 0.25) is 5.91 Å². The molecule has 1 aliphatic heterocycles. The van der Waals surface area contributed by atoms with Crippen LogP contribution < -0.4 is 0 Å². The van der Waals surface area contributed by atoms with E-state index in [2.05, 4.69) is 20.8 Å². The van der Waals surface area contributed by atoms with Crippen LogP contribution in [0.15, 0.2) is 18.2 Å². The van der Waals surface area contributed by atoms with Crippen molar-refractivity contribution in [2.75, 3.05) is 7.05 Å². The van der Waals surface area contributed by atoms with E-state index in [1.807, 2.05) is 39.0 Å². The fraction of sp³-hybridized carbons (Fsp3) is 0.440. The number of fused-ring (bicyclic) bond motifs is 1. The van der Waals surface area contributed by atoms with Crippen molar-refractivity contribution < 1.29 is 33.4 Å². The summed E-state index contributed by atoms with van der Waals surface area (Å²) in [5, 5.41) is 10.2. The van der Waals surface area contributed by atoms with Gasteiger partial charge in [0, 0.05) is 37.7 Å². The molecule has 1 atom stereocenters. The molecule has 2 aromatic rings. The van der Waals surface area contributed by atoms with E-state index in [4.69, 9.17) is 0 Å². The van der Waals surface area contributed by atoms with Crippen molar-refractivity contribution in [2.45, 2.75) is 68.0 Å². The van der Waals surface area contributed by atoms with Crippen molar-refractivity contribution in [3.05, 3.63) is 68.3 Å². The fourth-order valence-corrected chi connectivity index (χ4v) is 4.19. The summed E-state index contributed by atoms with van der Waals surface area (Å²) < 4.78 is 0. The summed E-state index contributed by atoms with van der Waals surface area (Å²) in [6, 6.07) is 5.60. The molecule has 6 heteroatoms. The summed E-state index contributed by atoms with van der Waals surface area (Å²) in [6.45, 7) is 12.7. The Hall–Kier alpha value is -2.08. The van der Waals surface area contributed by atoms with Crippen LogP contribution >= 0.6 is 0 Å². The van der Waals surface area contributed by atoms with Crippen molar-refractivity contribution >= 4 is 11.8 Å². The topological polar surface area (TPSA) is 60.9 Å². The number of carbonyl (C=O) groups is 2. The van der Waals surface area contributed by atoms with Crippen molar-refractivity contribution in [2.24, 2.45) is 0 Å². The van der Waals surface area contributed by atoms with Crippen LogP contribution in [0.3, 0.4) is 0 Å². The molecule has 0 aromatic heterocycles. The molecular formula is C25H34N2O3V. The molecular weight excluding hydrogens is 427 g/mol. The zero-order chi connectivity index (χ0) is 21.6. The normalized spacial score (nSPS) is 13.3. The molecule has 0 saturated carbocycles. The second kappa shape index (κ2) is 10.0. The molecule has 1 unspecified atom stereocenters. The van der Waals surface area contributed by atoms with Gasteiger partial charge < -0.3 is 4.90 Å². The van der Waals surface area contributed by atoms with Gasteiger partial charge in [0.05, 0.1) is 12.5 Å². The number of benzene rings is 2. The van der Waals surface area contributed by atoms with Crippen molar-refractivity contribution in [3.63, 3.8) is 0 Å². The average Bonchev–Trinajstić information content (AvgIpc) is 3.02. The van der Waals surface area contributed by atoms with Crippen LogP contribution in [0.25, 0.3) is 0 Å². The minimum absolute atomic E-state index is 0. The first kappa shape index (κ1) is 27.0. The zero-order valence-electron chi connectivity index (χ0n) is 18.8.